The molecule has 0 atom stereocenters. The molecule has 4 nitrogen and oxygen atoms in total. The van der Waals surface area contributed by atoms with E-state index in [1.165, 1.54) is 5.56 Å². The van der Waals surface area contributed by atoms with Gasteiger partial charge in [0.1, 0.15) is 0 Å². The van der Waals surface area contributed by atoms with Crippen molar-refractivity contribution in [2.75, 3.05) is 6.54 Å². The first-order valence-corrected chi connectivity index (χ1v) is 6.31. The SMILES string of the molecule is NC(=NCc1cccnc1)NCCc1ccccc1. The van der Waals surface area contributed by atoms with Crippen LogP contribution in [0.15, 0.2) is 59.9 Å². The molecule has 1 heterocycles. The van der Waals surface area contributed by atoms with Gasteiger partial charge in [-0.05, 0) is 23.6 Å². The molecule has 1 aromatic carbocycles. The number of guanidine groups is 1. The molecule has 2 aromatic rings. The van der Waals surface area contributed by atoms with Crippen molar-refractivity contribution < 1.29 is 0 Å². The third-order valence-corrected chi connectivity index (χ3v) is 2.72. The summed E-state index contributed by atoms with van der Waals surface area (Å²) in [4.78, 5) is 8.30. The van der Waals surface area contributed by atoms with Gasteiger partial charge in [0.2, 0.25) is 0 Å². The third-order valence-electron chi connectivity index (χ3n) is 2.72. The van der Waals surface area contributed by atoms with E-state index in [1.807, 2.05) is 30.3 Å². The number of hydrogen-bond acceptors (Lipinski definition) is 2. The Kier molecular flexibility index (Phi) is 4.93. The summed E-state index contributed by atoms with van der Waals surface area (Å²) in [5.74, 6) is 0.472. The van der Waals surface area contributed by atoms with Crippen molar-refractivity contribution in [2.24, 2.45) is 10.7 Å². The molecule has 0 bridgehead atoms. The maximum Gasteiger partial charge on any atom is 0.188 e. The smallest absolute Gasteiger partial charge is 0.188 e. The molecule has 0 radical (unpaired) electrons. The first-order valence-electron chi connectivity index (χ1n) is 6.31. The average Bonchev–Trinajstić information content (AvgIpc) is 2.47. The number of benzene rings is 1. The van der Waals surface area contributed by atoms with Gasteiger partial charge in [-0.1, -0.05) is 36.4 Å². The van der Waals surface area contributed by atoms with E-state index >= 15 is 0 Å². The normalized spacial score (nSPS) is 11.3. The van der Waals surface area contributed by atoms with Gasteiger partial charge in [-0.15, -0.1) is 0 Å². The molecule has 0 aliphatic rings. The highest BCUT2D eigenvalue weighted by Crippen LogP contribution is 1.99. The number of aromatic nitrogens is 1. The summed E-state index contributed by atoms with van der Waals surface area (Å²) in [5.41, 5.74) is 8.14. The zero-order chi connectivity index (χ0) is 13.3. The van der Waals surface area contributed by atoms with Crippen molar-refractivity contribution >= 4 is 5.96 Å². The van der Waals surface area contributed by atoms with Crippen LogP contribution in [0.4, 0.5) is 0 Å². The van der Waals surface area contributed by atoms with Crippen LogP contribution in [0, 0.1) is 0 Å². The largest absolute Gasteiger partial charge is 0.370 e. The number of rotatable bonds is 5. The average molecular weight is 254 g/mol. The molecular weight excluding hydrogens is 236 g/mol. The van der Waals surface area contributed by atoms with Crippen LogP contribution >= 0.6 is 0 Å². The molecule has 0 saturated carbocycles. The summed E-state index contributed by atoms with van der Waals surface area (Å²) >= 11 is 0. The Morgan fingerprint density at radius 1 is 1.11 bits per heavy atom. The molecular formula is C15H18N4. The molecule has 0 unspecified atom stereocenters. The van der Waals surface area contributed by atoms with Gasteiger partial charge in [0.25, 0.3) is 0 Å². The van der Waals surface area contributed by atoms with E-state index < -0.39 is 0 Å². The van der Waals surface area contributed by atoms with Crippen molar-refractivity contribution in [3.05, 3.63) is 66.0 Å². The highest BCUT2D eigenvalue weighted by atomic mass is 15.1. The van der Waals surface area contributed by atoms with Crippen molar-refractivity contribution in [3.8, 4) is 0 Å². The van der Waals surface area contributed by atoms with Gasteiger partial charge in [0, 0.05) is 18.9 Å². The third kappa shape index (κ3) is 4.79. The molecule has 0 fully saturated rings. The van der Waals surface area contributed by atoms with Crippen LogP contribution in [-0.4, -0.2) is 17.5 Å². The zero-order valence-electron chi connectivity index (χ0n) is 10.8. The molecule has 2 rings (SSSR count). The molecule has 4 heteroatoms. The quantitative estimate of drug-likeness (QED) is 0.631. The number of pyridine rings is 1. The number of nitrogens with zero attached hydrogens (tertiary/aromatic N) is 2. The van der Waals surface area contributed by atoms with Crippen molar-refractivity contribution in [1.29, 1.82) is 0 Å². The molecule has 98 valence electrons. The summed E-state index contributed by atoms with van der Waals surface area (Å²) in [5, 5.41) is 3.11. The van der Waals surface area contributed by atoms with Crippen LogP contribution in [0.2, 0.25) is 0 Å². The van der Waals surface area contributed by atoms with Crippen LogP contribution in [0.3, 0.4) is 0 Å². The summed E-state index contributed by atoms with van der Waals surface area (Å²) in [6.07, 6.45) is 4.47. The Morgan fingerprint density at radius 3 is 2.63 bits per heavy atom. The zero-order valence-corrected chi connectivity index (χ0v) is 10.8. The second-order valence-electron chi connectivity index (χ2n) is 4.23. The maximum atomic E-state index is 5.80. The molecule has 0 amide bonds. The lowest BCUT2D eigenvalue weighted by molar-refractivity contribution is 0.847. The topological polar surface area (TPSA) is 63.3 Å². The summed E-state index contributed by atoms with van der Waals surface area (Å²) in [7, 11) is 0. The van der Waals surface area contributed by atoms with Gasteiger partial charge in [0.15, 0.2) is 5.96 Å². The Balaban J connectivity index is 1.74. The summed E-state index contributed by atoms with van der Waals surface area (Å²) in [6, 6.07) is 14.2. The maximum absolute atomic E-state index is 5.80. The Morgan fingerprint density at radius 2 is 1.89 bits per heavy atom. The standard InChI is InChI=1S/C15H18N4/c16-15(19-12-14-7-4-9-17-11-14)18-10-8-13-5-2-1-3-6-13/h1-7,9,11H,8,10,12H2,(H3,16,18,19). The molecule has 0 aliphatic heterocycles. The fraction of sp³-hybridized carbons (Fsp3) is 0.200. The van der Waals surface area contributed by atoms with Crippen LogP contribution < -0.4 is 11.1 Å². The number of nitrogens with two attached hydrogens (primary N) is 1. The Labute approximate surface area is 113 Å². The fourth-order valence-electron chi connectivity index (χ4n) is 1.70. The highest BCUT2D eigenvalue weighted by Gasteiger charge is 1.94. The van der Waals surface area contributed by atoms with E-state index in [4.69, 9.17) is 5.73 Å². The predicted molar refractivity (Wildman–Crippen MR) is 77.7 cm³/mol. The number of nitrogens with one attached hydrogen (secondary N) is 1. The van der Waals surface area contributed by atoms with Crippen LogP contribution in [0.25, 0.3) is 0 Å². The molecule has 0 saturated heterocycles. The van der Waals surface area contributed by atoms with Crippen LogP contribution in [-0.2, 0) is 13.0 Å². The lowest BCUT2D eigenvalue weighted by atomic mass is 10.1. The van der Waals surface area contributed by atoms with Gasteiger partial charge in [0.05, 0.1) is 6.54 Å². The minimum Gasteiger partial charge on any atom is -0.370 e. The van der Waals surface area contributed by atoms with Crippen LogP contribution in [0.5, 0.6) is 0 Å². The van der Waals surface area contributed by atoms with E-state index in [0.29, 0.717) is 12.5 Å². The monoisotopic (exact) mass is 254 g/mol. The molecule has 0 spiro atoms. The Bertz CT molecular complexity index is 508. The van der Waals surface area contributed by atoms with Gasteiger partial charge in [-0.2, -0.15) is 0 Å². The summed E-state index contributed by atoms with van der Waals surface area (Å²) < 4.78 is 0. The highest BCUT2D eigenvalue weighted by molar-refractivity contribution is 5.77. The molecule has 3 N–H and O–H groups in total. The van der Waals surface area contributed by atoms with Gasteiger partial charge in [-0.3, -0.25) is 4.98 Å². The second kappa shape index (κ2) is 7.16. The molecule has 19 heavy (non-hydrogen) atoms. The minimum absolute atomic E-state index is 0.472. The minimum atomic E-state index is 0.472. The van der Waals surface area contributed by atoms with E-state index in [1.54, 1.807) is 12.4 Å². The van der Waals surface area contributed by atoms with Crippen molar-refractivity contribution in [1.82, 2.24) is 10.3 Å². The van der Waals surface area contributed by atoms with Gasteiger partial charge >= 0.3 is 0 Å². The lowest BCUT2D eigenvalue weighted by Gasteiger charge is -2.05. The number of hydrogen-bond donors (Lipinski definition) is 2. The second-order valence-corrected chi connectivity index (χ2v) is 4.23. The van der Waals surface area contributed by atoms with Gasteiger partial charge < -0.3 is 11.1 Å². The van der Waals surface area contributed by atoms with Crippen LogP contribution in [0.1, 0.15) is 11.1 Å². The van der Waals surface area contributed by atoms with Crippen molar-refractivity contribution in [3.63, 3.8) is 0 Å². The summed E-state index contributed by atoms with van der Waals surface area (Å²) in [6.45, 7) is 1.34. The fourth-order valence-corrected chi connectivity index (χ4v) is 1.70. The van der Waals surface area contributed by atoms with E-state index in [9.17, 15) is 0 Å². The predicted octanol–water partition coefficient (Wildman–Crippen LogP) is 1.73. The first kappa shape index (κ1) is 13.1. The van der Waals surface area contributed by atoms with Gasteiger partial charge in [-0.25, -0.2) is 4.99 Å². The Hall–Kier alpha value is -2.36. The lowest BCUT2D eigenvalue weighted by Crippen LogP contribution is -2.33. The molecule has 1 aromatic heterocycles. The van der Waals surface area contributed by atoms with Crippen molar-refractivity contribution in [2.45, 2.75) is 13.0 Å². The van der Waals surface area contributed by atoms with E-state index in [-0.39, 0.29) is 0 Å². The van der Waals surface area contributed by atoms with E-state index in [2.05, 4.69) is 27.4 Å². The first-order chi connectivity index (χ1) is 9.34. The van der Waals surface area contributed by atoms with E-state index in [0.717, 1.165) is 18.5 Å². The molecule has 0 aliphatic carbocycles. The number of aliphatic imine (C=N–C) groups is 1.